The van der Waals surface area contributed by atoms with Crippen LogP contribution in [0.5, 0.6) is 0 Å². The van der Waals surface area contributed by atoms with E-state index in [9.17, 15) is 9.59 Å². The molecule has 0 aliphatic heterocycles. The van der Waals surface area contributed by atoms with Crippen molar-refractivity contribution in [2.75, 3.05) is 0 Å². The van der Waals surface area contributed by atoms with Gasteiger partial charge in [-0.15, -0.1) is 9.10 Å². The molecule has 12 heavy (non-hydrogen) atoms. The number of carbonyl (C=O) groups is 2. The minimum atomic E-state index is -1.31. The third kappa shape index (κ3) is 22.6. The highest BCUT2D eigenvalue weighted by Crippen LogP contribution is 1.77. The first-order chi connectivity index (χ1) is 5.54. The molecule has 2 N–H and O–H groups in total. The van der Waals surface area contributed by atoms with Crippen LogP contribution in [0.1, 0.15) is 20.3 Å². The lowest BCUT2D eigenvalue weighted by molar-refractivity contribution is -0.147. The number of hydrogen-bond acceptors (Lipinski definition) is 2. The first kappa shape index (κ1) is 14.2. The van der Waals surface area contributed by atoms with Gasteiger partial charge in [0, 0.05) is 0 Å². The Morgan fingerprint density at radius 2 is 1.42 bits per heavy atom. The van der Waals surface area contributed by atoms with Crippen LogP contribution in [0.25, 0.3) is 0 Å². The van der Waals surface area contributed by atoms with Crippen molar-refractivity contribution >= 4 is 32.3 Å². The largest absolute Gasteiger partial charge is 0.481 e. The Labute approximate surface area is 81.7 Å². The minimum absolute atomic E-state index is 0.432. The van der Waals surface area contributed by atoms with Crippen LogP contribution in [0.4, 0.5) is 0 Å². The maximum atomic E-state index is 9.43. The number of hydrogen-bond donors (Lipinski definition) is 2. The van der Waals surface area contributed by atoms with Gasteiger partial charge in [-0.25, -0.2) is 0 Å². The normalized spacial score (nSPS) is 7.50. The summed E-state index contributed by atoms with van der Waals surface area (Å²) in [5.74, 6) is -2.62. The average Bonchev–Trinajstić information content (AvgIpc) is 1.87. The van der Waals surface area contributed by atoms with Crippen molar-refractivity contribution in [2.45, 2.75) is 29.4 Å². The summed E-state index contributed by atoms with van der Waals surface area (Å²) in [4.78, 5) is 18.9. The van der Waals surface area contributed by atoms with Crippen molar-refractivity contribution in [1.29, 1.82) is 0 Å². The molecule has 0 aliphatic carbocycles. The van der Waals surface area contributed by atoms with E-state index in [-0.39, 0.29) is 0 Å². The maximum absolute atomic E-state index is 9.43. The Morgan fingerprint density at radius 3 is 1.42 bits per heavy atom. The predicted octanol–water partition coefficient (Wildman–Crippen LogP) is 1.11. The molecular weight excluding hydrogens is 172 g/mol. The van der Waals surface area contributed by atoms with E-state index in [1.807, 2.05) is 0 Å². The summed E-state index contributed by atoms with van der Waals surface area (Å²) in [6.45, 7) is 4.55. The molecule has 0 radical (unpaired) electrons. The number of carboxylic acids is 2. The Bertz CT molecular complexity index is 121. The van der Waals surface area contributed by atoms with Gasteiger partial charge in [0.1, 0.15) is 6.42 Å². The number of carboxylic acid groups (broad SMARTS) is 2. The zero-order chi connectivity index (χ0) is 9.98. The molecule has 0 aromatic heterocycles. The monoisotopic (exact) mass is 186 g/mol. The van der Waals surface area contributed by atoms with Crippen LogP contribution >= 0.6 is 0 Å². The van der Waals surface area contributed by atoms with Crippen LogP contribution < -0.4 is 0 Å². The van der Waals surface area contributed by atoms with Crippen molar-refractivity contribution in [1.82, 2.24) is 0 Å². The lowest BCUT2D eigenvalue weighted by Gasteiger charge is -1.80. The van der Waals surface area contributed by atoms with E-state index >= 15 is 0 Å². The van der Waals surface area contributed by atoms with Gasteiger partial charge in [-0.05, 0) is 0 Å². The molecule has 5 heteroatoms. The Balaban J connectivity index is 0. The van der Waals surface area contributed by atoms with E-state index in [4.69, 9.17) is 10.2 Å². The van der Waals surface area contributed by atoms with Gasteiger partial charge in [0.15, 0.2) is 0 Å². The number of aliphatic carboxylic acids is 2. The van der Waals surface area contributed by atoms with Crippen molar-refractivity contribution in [3.63, 3.8) is 0 Å². The minimum Gasteiger partial charge on any atom is -0.481 e. The summed E-state index contributed by atoms with van der Waals surface area (Å²) in [7, 11) is 0. The highest BCUT2D eigenvalue weighted by atomic mass is 24.5. The van der Waals surface area contributed by atoms with Crippen LogP contribution in [0.3, 0.4) is 0 Å². The second-order valence-corrected chi connectivity index (χ2v) is 5.02. The third-order valence-electron chi connectivity index (χ3n) is 1.01. The molecule has 0 fully saturated rings. The second kappa shape index (κ2) is 10.7. The Morgan fingerprint density at radius 1 is 1.08 bits per heavy atom. The van der Waals surface area contributed by atoms with Gasteiger partial charge in [-0.2, -0.15) is 0 Å². The third-order valence-corrected chi connectivity index (χ3v) is 2.42. The summed E-state index contributed by atoms with van der Waals surface area (Å²) in [5, 5.41) is 15.4. The van der Waals surface area contributed by atoms with Crippen LogP contribution in [0.2, 0.25) is 9.10 Å². The lowest BCUT2D eigenvalue weighted by atomic mass is 10.5. The van der Waals surface area contributed by atoms with Crippen LogP contribution in [-0.2, 0) is 9.59 Å². The summed E-state index contributed by atoms with van der Waals surface area (Å²) < 4.78 is 2.97. The average molecular weight is 186 g/mol. The van der Waals surface area contributed by atoms with E-state index in [0.29, 0.717) is 20.4 Å². The lowest BCUT2D eigenvalue weighted by Crippen LogP contribution is -2.03. The van der Waals surface area contributed by atoms with Crippen molar-refractivity contribution in [2.24, 2.45) is 0 Å². The molecule has 0 aliphatic rings. The molecule has 0 amide bonds. The van der Waals surface area contributed by atoms with Crippen LogP contribution in [-0.4, -0.2) is 42.5 Å². The first-order valence-corrected chi connectivity index (χ1v) is 5.98. The van der Waals surface area contributed by atoms with Gasteiger partial charge in [0.05, 0.1) is 0 Å². The first-order valence-electron chi connectivity index (χ1n) is 3.98. The molecule has 0 heterocycles. The van der Waals surface area contributed by atoms with E-state index in [1.165, 1.54) is 9.10 Å². The Kier molecular flexibility index (Phi) is 12.7. The molecule has 0 aromatic rings. The van der Waals surface area contributed by atoms with Crippen molar-refractivity contribution in [3.05, 3.63) is 0 Å². The molecular formula is C7H14MgO4. The molecule has 68 valence electrons. The SMILES string of the molecule is C[CH2][Mg][CH2]C.O=C(O)CC(=O)O. The quantitative estimate of drug-likeness (QED) is 0.510. The van der Waals surface area contributed by atoms with E-state index in [2.05, 4.69) is 13.8 Å². The molecule has 0 aromatic carbocycles. The highest BCUT2D eigenvalue weighted by Gasteiger charge is 2.01. The molecule has 0 unspecified atom stereocenters. The topological polar surface area (TPSA) is 74.6 Å². The summed E-state index contributed by atoms with van der Waals surface area (Å²) >= 11 is 0.432. The molecule has 0 bridgehead atoms. The van der Waals surface area contributed by atoms with E-state index in [0.717, 1.165) is 0 Å². The molecule has 0 saturated heterocycles. The van der Waals surface area contributed by atoms with E-state index < -0.39 is 18.4 Å². The summed E-state index contributed by atoms with van der Waals surface area (Å²) in [6.07, 6.45) is -0.806. The van der Waals surface area contributed by atoms with E-state index in [1.54, 1.807) is 0 Å². The highest BCUT2D eigenvalue weighted by molar-refractivity contribution is 6.34. The van der Waals surface area contributed by atoms with Gasteiger partial charge in [-0.1, -0.05) is 13.8 Å². The fraction of sp³-hybridized carbons (Fsp3) is 0.714. The van der Waals surface area contributed by atoms with Crippen molar-refractivity contribution in [3.8, 4) is 0 Å². The van der Waals surface area contributed by atoms with Gasteiger partial charge >= 0.3 is 32.3 Å². The molecule has 0 spiro atoms. The maximum Gasteiger partial charge on any atom is 0.363 e. The number of rotatable bonds is 4. The zero-order valence-corrected chi connectivity index (χ0v) is 8.95. The fourth-order valence-corrected chi connectivity index (χ4v) is 1.19. The zero-order valence-electron chi connectivity index (χ0n) is 7.54. The fourth-order valence-electron chi connectivity index (χ4n) is 0.483. The molecule has 4 nitrogen and oxygen atoms in total. The van der Waals surface area contributed by atoms with Gasteiger partial charge in [0.2, 0.25) is 0 Å². The summed E-state index contributed by atoms with van der Waals surface area (Å²) in [5.41, 5.74) is 0. The van der Waals surface area contributed by atoms with Crippen LogP contribution in [0, 0.1) is 0 Å². The van der Waals surface area contributed by atoms with Gasteiger partial charge < -0.3 is 10.2 Å². The van der Waals surface area contributed by atoms with Gasteiger partial charge in [0.25, 0.3) is 0 Å². The molecule has 0 atom stereocenters. The van der Waals surface area contributed by atoms with Crippen LogP contribution in [0.15, 0.2) is 0 Å². The standard InChI is InChI=1S/C3H4O4.2C2H5.Mg/c4-2(5)1-3(6)7;2*1-2;/h1H2,(H,4,5)(H,6,7);2*1H2,2H3;. The molecule has 0 rings (SSSR count). The smallest absolute Gasteiger partial charge is 0.363 e. The predicted molar refractivity (Wildman–Crippen MR) is 46.6 cm³/mol. The second-order valence-electron chi connectivity index (χ2n) is 2.32. The summed E-state index contributed by atoms with van der Waals surface area (Å²) in [6, 6.07) is 0. The van der Waals surface area contributed by atoms with Crippen molar-refractivity contribution < 1.29 is 19.8 Å². The van der Waals surface area contributed by atoms with Gasteiger partial charge in [-0.3, -0.25) is 9.59 Å². The molecule has 0 saturated carbocycles. The Hall–Kier alpha value is -0.294.